The van der Waals surface area contributed by atoms with E-state index in [1.165, 1.54) is 16.6 Å². The Balaban J connectivity index is 1.80. The summed E-state index contributed by atoms with van der Waals surface area (Å²) < 4.78 is 4.44. The van der Waals surface area contributed by atoms with Crippen molar-refractivity contribution in [2.75, 3.05) is 0 Å². The van der Waals surface area contributed by atoms with Gasteiger partial charge in [-0.2, -0.15) is 9.78 Å². The first kappa shape index (κ1) is 11.1. The first-order valence-corrected chi connectivity index (χ1v) is 6.12. The van der Waals surface area contributed by atoms with Gasteiger partial charge in [0, 0.05) is 16.7 Å². The molecule has 0 atom stereocenters. The van der Waals surface area contributed by atoms with Crippen LogP contribution in [0.15, 0.2) is 47.3 Å². The Kier molecular flexibility index (Phi) is 2.89. The lowest BCUT2D eigenvalue weighted by Gasteiger charge is -2.01. The monoisotopic (exact) mass is 304 g/mol. The summed E-state index contributed by atoms with van der Waals surface area (Å²) in [5.41, 5.74) is 1.18. The van der Waals surface area contributed by atoms with Crippen molar-refractivity contribution in [1.29, 1.82) is 0 Å². The fourth-order valence-electron chi connectivity index (χ4n) is 1.60. The SMILES string of the molecule is Brc1ccc(Cn2ccc(-n3cnnn3)n2)cc1. The van der Waals surface area contributed by atoms with E-state index in [9.17, 15) is 0 Å². The number of halogens is 1. The van der Waals surface area contributed by atoms with Crippen LogP contribution in [-0.4, -0.2) is 30.0 Å². The van der Waals surface area contributed by atoms with Crippen LogP contribution >= 0.6 is 15.9 Å². The van der Waals surface area contributed by atoms with Gasteiger partial charge in [0.15, 0.2) is 5.82 Å². The Morgan fingerprint density at radius 2 is 1.94 bits per heavy atom. The highest BCUT2D eigenvalue weighted by Gasteiger charge is 2.03. The second-order valence-corrected chi connectivity index (χ2v) is 4.67. The molecule has 2 aromatic heterocycles. The predicted octanol–water partition coefficient (Wildman–Crippen LogP) is 1.67. The van der Waals surface area contributed by atoms with Crippen LogP contribution in [0.3, 0.4) is 0 Å². The third kappa shape index (κ3) is 2.30. The van der Waals surface area contributed by atoms with E-state index in [1.54, 1.807) is 0 Å². The van der Waals surface area contributed by atoms with Crippen LogP contribution in [0, 0.1) is 0 Å². The zero-order valence-corrected chi connectivity index (χ0v) is 10.9. The molecule has 1 aromatic carbocycles. The third-order valence-corrected chi connectivity index (χ3v) is 3.00. The van der Waals surface area contributed by atoms with Crippen molar-refractivity contribution in [2.45, 2.75) is 6.54 Å². The molecule has 0 fully saturated rings. The molecule has 18 heavy (non-hydrogen) atoms. The molecule has 90 valence electrons. The minimum absolute atomic E-state index is 0.706. The molecule has 6 nitrogen and oxygen atoms in total. The Morgan fingerprint density at radius 1 is 1.11 bits per heavy atom. The maximum atomic E-state index is 4.40. The van der Waals surface area contributed by atoms with E-state index >= 15 is 0 Å². The molecule has 3 aromatic rings. The number of benzene rings is 1. The molecule has 0 N–H and O–H groups in total. The van der Waals surface area contributed by atoms with Crippen molar-refractivity contribution in [3.63, 3.8) is 0 Å². The van der Waals surface area contributed by atoms with E-state index in [2.05, 4.69) is 48.7 Å². The van der Waals surface area contributed by atoms with Crippen LogP contribution in [0.5, 0.6) is 0 Å². The maximum Gasteiger partial charge on any atom is 0.178 e. The summed E-state index contributed by atoms with van der Waals surface area (Å²) in [5.74, 6) is 0.706. The number of rotatable bonds is 3. The van der Waals surface area contributed by atoms with Gasteiger partial charge in [0.25, 0.3) is 0 Å². The van der Waals surface area contributed by atoms with Crippen molar-refractivity contribution in [2.24, 2.45) is 0 Å². The topological polar surface area (TPSA) is 61.4 Å². The lowest BCUT2D eigenvalue weighted by Crippen LogP contribution is -2.02. The van der Waals surface area contributed by atoms with Crippen molar-refractivity contribution in [3.8, 4) is 5.82 Å². The van der Waals surface area contributed by atoms with E-state index < -0.39 is 0 Å². The fourth-order valence-corrected chi connectivity index (χ4v) is 1.87. The largest absolute Gasteiger partial charge is 0.266 e. The number of tetrazole rings is 1. The van der Waals surface area contributed by atoms with E-state index in [0.717, 1.165) is 11.0 Å². The lowest BCUT2D eigenvalue weighted by atomic mass is 10.2. The molecule has 0 amide bonds. The first-order chi connectivity index (χ1) is 8.81. The molecule has 0 aliphatic carbocycles. The summed E-state index contributed by atoms with van der Waals surface area (Å²) in [5, 5.41) is 15.3. The predicted molar refractivity (Wildman–Crippen MR) is 68.2 cm³/mol. The highest BCUT2D eigenvalue weighted by atomic mass is 79.9. The Hall–Kier alpha value is -2.02. The van der Waals surface area contributed by atoms with Crippen molar-refractivity contribution < 1.29 is 0 Å². The van der Waals surface area contributed by atoms with E-state index in [0.29, 0.717) is 5.82 Å². The van der Waals surface area contributed by atoms with Crippen molar-refractivity contribution >= 4 is 15.9 Å². The molecule has 0 spiro atoms. The average Bonchev–Trinajstić information content (AvgIpc) is 3.02. The van der Waals surface area contributed by atoms with Gasteiger partial charge < -0.3 is 0 Å². The van der Waals surface area contributed by atoms with Gasteiger partial charge in [-0.3, -0.25) is 4.68 Å². The summed E-state index contributed by atoms with van der Waals surface area (Å²) in [6.45, 7) is 0.718. The summed E-state index contributed by atoms with van der Waals surface area (Å²) in [4.78, 5) is 0. The number of nitrogens with zero attached hydrogens (tertiary/aromatic N) is 6. The molecule has 0 bridgehead atoms. The summed E-state index contributed by atoms with van der Waals surface area (Å²) in [6, 6.07) is 10.0. The van der Waals surface area contributed by atoms with Crippen LogP contribution in [0.1, 0.15) is 5.56 Å². The minimum atomic E-state index is 0.706. The molecule has 0 saturated heterocycles. The smallest absolute Gasteiger partial charge is 0.178 e. The van der Waals surface area contributed by atoms with Crippen LogP contribution in [0.2, 0.25) is 0 Å². The van der Waals surface area contributed by atoms with Crippen LogP contribution in [0.25, 0.3) is 5.82 Å². The molecule has 0 aliphatic heterocycles. The molecule has 2 heterocycles. The zero-order chi connectivity index (χ0) is 12.4. The molecule has 0 aliphatic rings. The third-order valence-electron chi connectivity index (χ3n) is 2.47. The van der Waals surface area contributed by atoms with Gasteiger partial charge in [-0.25, -0.2) is 0 Å². The molecule has 0 unspecified atom stereocenters. The minimum Gasteiger partial charge on any atom is -0.266 e. The Bertz CT molecular complexity index is 628. The normalized spacial score (nSPS) is 10.7. The molecule has 7 heteroatoms. The number of hydrogen-bond acceptors (Lipinski definition) is 4. The van der Waals surface area contributed by atoms with Crippen LogP contribution in [-0.2, 0) is 6.54 Å². The second-order valence-electron chi connectivity index (χ2n) is 3.75. The van der Waals surface area contributed by atoms with Gasteiger partial charge in [0.05, 0.1) is 6.54 Å². The molecular weight excluding hydrogens is 296 g/mol. The molecular formula is C11H9BrN6. The molecule has 3 rings (SSSR count). The second kappa shape index (κ2) is 4.69. The standard InChI is InChI=1S/C11H9BrN6/c12-10-3-1-9(2-4-10)7-17-6-5-11(14-17)18-8-13-15-16-18/h1-6,8H,7H2. The Morgan fingerprint density at radius 3 is 2.67 bits per heavy atom. The van der Waals surface area contributed by atoms with Gasteiger partial charge in [0.2, 0.25) is 0 Å². The summed E-state index contributed by atoms with van der Waals surface area (Å²) in [6.07, 6.45) is 3.42. The molecule has 0 radical (unpaired) electrons. The lowest BCUT2D eigenvalue weighted by molar-refractivity contribution is 0.663. The van der Waals surface area contributed by atoms with E-state index in [1.807, 2.05) is 29.1 Å². The van der Waals surface area contributed by atoms with E-state index in [-0.39, 0.29) is 0 Å². The van der Waals surface area contributed by atoms with E-state index in [4.69, 9.17) is 0 Å². The molecule has 0 saturated carbocycles. The van der Waals surface area contributed by atoms with Crippen molar-refractivity contribution in [1.82, 2.24) is 30.0 Å². The van der Waals surface area contributed by atoms with Gasteiger partial charge in [-0.05, 0) is 28.1 Å². The Labute approximate surface area is 111 Å². The fraction of sp³-hybridized carbons (Fsp3) is 0.0909. The van der Waals surface area contributed by atoms with Crippen molar-refractivity contribution in [3.05, 3.63) is 52.9 Å². The van der Waals surface area contributed by atoms with Gasteiger partial charge in [-0.15, -0.1) is 5.10 Å². The first-order valence-electron chi connectivity index (χ1n) is 5.32. The van der Waals surface area contributed by atoms with Crippen LogP contribution < -0.4 is 0 Å². The summed E-state index contributed by atoms with van der Waals surface area (Å²) >= 11 is 3.41. The van der Waals surface area contributed by atoms with Gasteiger partial charge in [-0.1, -0.05) is 28.1 Å². The quantitative estimate of drug-likeness (QED) is 0.738. The van der Waals surface area contributed by atoms with Crippen LogP contribution in [0.4, 0.5) is 0 Å². The maximum absolute atomic E-state index is 4.40. The van der Waals surface area contributed by atoms with Gasteiger partial charge >= 0.3 is 0 Å². The van der Waals surface area contributed by atoms with Gasteiger partial charge in [0.1, 0.15) is 6.33 Å². The highest BCUT2D eigenvalue weighted by molar-refractivity contribution is 9.10. The number of aromatic nitrogens is 6. The zero-order valence-electron chi connectivity index (χ0n) is 9.31. The number of hydrogen-bond donors (Lipinski definition) is 0. The average molecular weight is 305 g/mol. The summed E-state index contributed by atoms with van der Waals surface area (Å²) in [7, 11) is 0. The highest BCUT2D eigenvalue weighted by Crippen LogP contribution is 2.11.